The minimum Gasteiger partial charge on any atom is -0.544 e. The molecular formula is C54H95NO7. The molecule has 0 heterocycles. The Morgan fingerprint density at radius 3 is 1.32 bits per heavy atom. The molecule has 0 saturated heterocycles. The Hall–Kier alpha value is -2.97. The number of nitrogens with zero attached hydrogens (tertiary/aromatic N) is 1. The fourth-order valence-corrected chi connectivity index (χ4v) is 7.28. The van der Waals surface area contributed by atoms with Crippen LogP contribution in [0.25, 0.3) is 0 Å². The van der Waals surface area contributed by atoms with E-state index in [9.17, 15) is 19.5 Å². The Morgan fingerprint density at radius 1 is 0.500 bits per heavy atom. The number of hydrogen-bond acceptors (Lipinski definition) is 7. The fourth-order valence-electron chi connectivity index (χ4n) is 7.28. The molecular weight excluding hydrogens is 775 g/mol. The third kappa shape index (κ3) is 42.3. The van der Waals surface area contributed by atoms with Crippen molar-refractivity contribution in [2.75, 3.05) is 41.0 Å². The van der Waals surface area contributed by atoms with Crippen LogP contribution < -0.4 is 5.11 Å². The summed E-state index contributed by atoms with van der Waals surface area (Å²) in [6, 6.07) is -0.737. The number of aliphatic carboxylic acids is 1. The molecule has 0 rings (SSSR count). The van der Waals surface area contributed by atoms with Gasteiger partial charge in [-0.25, -0.2) is 0 Å². The number of esters is 2. The molecule has 0 aromatic carbocycles. The standard InChI is InChI=1S/C54H95NO7/c1-6-8-10-12-14-16-18-20-22-24-25-26-27-29-30-32-34-36-38-40-42-44-52(56)61-49-50(48-60-47-46-51(54(58)59)55(3,4)5)62-53(57)45-43-41-39-37-35-33-31-28-23-21-19-17-15-13-11-9-7-2/h9,11,15,17,21,23,31,33,37,39,50-51H,6-8,10,12-14,16,18-20,22,24-30,32,34-36,38,40-49H2,1-5H3/b11-9-,17-15-,23-21-,33-31-,39-37-. The number of carboxylic acids is 1. The van der Waals surface area contributed by atoms with Gasteiger partial charge in [-0.3, -0.25) is 9.59 Å². The fraction of sp³-hybridized carbons (Fsp3) is 0.759. The van der Waals surface area contributed by atoms with E-state index < -0.39 is 18.1 Å². The van der Waals surface area contributed by atoms with Gasteiger partial charge < -0.3 is 28.6 Å². The number of allylic oxidation sites excluding steroid dienone is 10. The number of ether oxygens (including phenoxy) is 3. The van der Waals surface area contributed by atoms with Crippen molar-refractivity contribution in [3.8, 4) is 0 Å². The van der Waals surface area contributed by atoms with Crippen LogP contribution in [-0.2, 0) is 28.6 Å². The van der Waals surface area contributed by atoms with Gasteiger partial charge in [0.25, 0.3) is 0 Å². The van der Waals surface area contributed by atoms with Crippen LogP contribution in [0.4, 0.5) is 0 Å². The van der Waals surface area contributed by atoms with Gasteiger partial charge >= 0.3 is 11.9 Å². The Morgan fingerprint density at radius 2 is 0.903 bits per heavy atom. The van der Waals surface area contributed by atoms with E-state index in [0.717, 1.165) is 57.8 Å². The second-order valence-electron chi connectivity index (χ2n) is 18.0. The number of rotatable bonds is 45. The average molecular weight is 870 g/mol. The van der Waals surface area contributed by atoms with Gasteiger partial charge in [-0.2, -0.15) is 0 Å². The first-order valence-electron chi connectivity index (χ1n) is 25.3. The number of quaternary nitrogens is 1. The molecule has 0 spiro atoms. The highest BCUT2D eigenvalue weighted by atomic mass is 16.6. The smallest absolute Gasteiger partial charge is 0.306 e. The molecule has 8 heteroatoms. The predicted octanol–water partition coefficient (Wildman–Crippen LogP) is 13.2. The van der Waals surface area contributed by atoms with E-state index in [0.29, 0.717) is 12.8 Å². The first-order chi connectivity index (χ1) is 30.1. The van der Waals surface area contributed by atoms with E-state index in [1.807, 2.05) is 0 Å². The van der Waals surface area contributed by atoms with Crippen LogP contribution in [0.5, 0.6) is 0 Å². The summed E-state index contributed by atoms with van der Waals surface area (Å²) in [6.07, 6.45) is 55.5. The average Bonchev–Trinajstić information content (AvgIpc) is 3.23. The van der Waals surface area contributed by atoms with Crippen molar-refractivity contribution in [2.45, 2.75) is 225 Å². The van der Waals surface area contributed by atoms with Gasteiger partial charge in [0.05, 0.1) is 40.3 Å². The lowest BCUT2D eigenvalue weighted by Gasteiger charge is -2.34. The van der Waals surface area contributed by atoms with Crippen molar-refractivity contribution in [1.82, 2.24) is 0 Å². The third-order valence-corrected chi connectivity index (χ3v) is 11.2. The Kier molecular flexibility index (Phi) is 42.5. The second-order valence-corrected chi connectivity index (χ2v) is 18.0. The van der Waals surface area contributed by atoms with Crippen LogP contribution in [0.15, 0.2) is 60.8 Å². The number of hydrogen-bond donors (Lipinski definition) is 0. The normalized spacial score (nSPS) is 13.4. The van der Waals surface area contributed by atoms with Crippen LogP contribution in [0.3, 0.4) is 0 Å². The summed E-state index contributed by atoms with van der Waals surface area (Å²) in [7, 11) is 5.39. The summed E-state index contributed by atoms with van der Waals surface area (Å²) in [4.78, 5) is 37.0. The Labute approximate surface area is 381 Å². The molecule has 0 aromatic heterocycles. The highest BCUT2D eigenvalue weighted by Gasteiger charge is 2.25. The Bertz CT molecular complexity index is 1200. The maximum atomic E-state index is 12.7. The molecule has 0 saturated carbocycles. The van der Waals surface area contributed by atoms with Gasteiger partial charge in [0.15, 0.2) is 6.10 Å². The van der Waals surface area contributed by atoms with Crippen LogP contribution in [0, 0.1) is 0 Å². The molecule has 62 heavy (non-hydrogen) atoms. The lowest BCUT2D eigenvalue weighted by Crippen LogP contribution is -2.55. The van der Waals surface area contributed by atoms with Gasteiger partial charge in [-0.1, -0.05) is 203 Å². The van der Waals surface area contributed by atoms with Crippen molar-refractivity contribution in [1.29, 1.82) is 0 Å². The summed E-state index contributed by atoms with van der Waals surface area (Å²) in [5.74, 6) is -1.81. The van der Waals surface area contributed by atoms with Crippen molar-refractivity contribution in [2.24, 2.45) is 0 Å². The summed E-state index contributed by atoms with van der Waals surface area (Å²) in [5.41, 5.74) is 0. The number of likely N-dealkylation sites (N-methyl/N-ethyl adjacent to an activating group) is 1. The quantitative estimate of drug-likeness (QED) is 0.0260. The molecule has 8 nitrogen and oxygen atoms in total. The van der Waals surface area contributed by atoms with E-state index in [1.54, 1.807) is 21.1 Å². The SMILES string of the molecule is CC/C=C\C/C=C\C/C=C\C/C=C\C/C=C\CCCC(=O)OC(COCCC(C(=O)[O-])[N+](C)(C)C)COC(=O)CCCCCCCCCCCCCCCCCCCCCCC. The van der Waals surface area contributed by atoms with Crippen molar-refractivity contribution in [3.05, 3.63) is 60.8 Å². The maximum Gasteiger partial charge on any atom is 0.306 e. The topological polar surface area (TPSA) is 102 Å². The number of carboxylic acid groups (broad SMARTS) is 1. The van der Waals surface area contributed by atoms with Gasteiger partial charge in [0.2, 0.25) is 0 Å². The van der Waals surface area contributed by atoms with Crippen molar-refractivity contribution >= 4 is 17.9 Å². The first-order valence-corrected chi connectivity index (χ1v) is 25.3. The zero-order valence-electron chi connectivity index (χ0n) is 40.8. The molecule has 358 valence electrons. The van der Waals surface area contributed by atoms with E-state index >= 15 is 0 Å². The largest absolute Gasteiger partial charge is 0.544 e. The molecule has 0 amide bonds. The van der Waals surface area contributed by atoms with Gasteiger partial charge in [-0.15, -0.1) is 0 Å². The monoisotopic (exact) mass is 870 g/mol. The second kappa shape index (κ2) is 44.6. The highest BCUT2D eigenvalue weighted by Crippen LogP contribution is 2.16. The Balaban J connectivity index is 4.29. The molecule has 0 aromatic rings. The molecule has 0 radical (unpaired) electrons. The summed E-state index contributed by atoms with van der Waals surface area (Å²) in [6.45, 7) is 4.51. The third-order valence-electron chi connectivity index (χ3n) is 11.2. The maximum absolute atomic E-state index is 12.7. The zero-order chi connectivity index (χ0) is 45.6. The molecule has 0 aliphatic rings. The predicted molar refractivity (Wildman–Crippen MR) is 259 cm³/mol. The van der Waals surface area contributed by atoms with Crippen LogP contribution in [0.2, 0.25) is 0 Å². The lowest BCUT2D eigenvalue weighted by molar-refractivity contribution is -0.889. The van der Waals surface area contributed by atoms with Gasteiger partial charge in [-0.05, 0) is 51.4 Å². The first kappa shape index (κ1) is 59.0. The highest BCUT2D eigenvalue weighted by molar-refractivity contribution is 5.70. The molecule has 2 unspecified atom stereocenters. The van der Waals surface area contributed by atoms with Crippen molar-refractivity contribution < 1.29 is 38.2 Å². The summed E-state index contributed by atoms with van der Waals surface area (Å²) in [5, 5.41) is 11.7. The van der Waals surface area contributed by atoms with Crippen LogP contribution in [0.1, 0.15) is 213 Å². The molecule has 0 N–H and O–H groups in total. The molecule has 0 aliphatic heterocycles. The minimum atomic E-state index is -1.13. The molecule has 0 fully saturated rings. The van der Waals surface area contributed by atoms with E-state index in [2.05, 4.69) is 74.6 Å². The van der Waals surface area contributed by atoms with Gasteiger partial charge in [0, 0.05) is 19.3 Å². The summed E-state index contributed by atoms with van der Waals surface area (Å²) >= 11 is 0. The van der Waals surface area contributed by atoms with E-state index in [4.69, 9.17) is 14.2 Å². The molecule has 2 atom stereocenters. The number of carbonyl (C=O) groups is 3. The minimum absolute atomic E-state index is 0.0179. The zero-order valence-corrected chi connectivity index (χ0v) is 40.8. The molecule has 0 bridgehead atoms. The van der Waals surface area contributed by atoms with Crippen molar-refractivity contribution in [3.63, 3.8) is 0 Å². The van der Waals surface area contributed by atoms with Gasteiger partial charge in [0.1, 0.15) is 12.6 Å². The van der Waals surface area contributed by atoms with E-state index in [1.165, 1.54) is 116 Å². The summed E-state index contributed by atoms with van der Waals surface area (Å²) < 4.78 is 17.2. The van der Waals surface area contributed by atoms with Crippen LogP contribution >= 0.6 is 0 Å². The number of carbonyl (C=O) groups excluding carboxylic acids is 3. The van der Waals surface area contributed by atoms with E-state index in [-0.39, 0.29) is 49.1 Å². The van der Waals surface area contributed by atoms with Crippen LogP contribution in [-0.4, -0.2) is 75.5 Å². The lowest BCUT2D eigenvalue weighted by atomic mass is 10.0. The molecule has 0 aliphatic carbocycles. The number of unbranched alkanes of at least 4 members (excludes halogenated alkanes) is 21.